The highest BCUT2D eigenvalue weighted by molar-refractivity contribution is 5.98. The van der Waals surface area contributed by atoms with Crippen molar-refractivity contribution in [1.29, 1.82) is 0 Å². The molecule has 2 aromatic rings. The minimum Gasteiger partial charge on any atom is -0.396 e. The molecule has 1 unspecified atom stereocenters. The smallest absolute Gasteiger partial charge is 0.268 e. The van der Waals surface area contributed by atoms with Crippen molar-refractivity contribution in [2.45, 2.75) is 18.9 Å². The molecule has 0 aliphatic heterocycles. The molecule has 0 aliphatic carbocycles. The minimum absolute atomic E-state index is 0.0575. The Bertz CT molecular complexity index is 633. The van der Waals surface area contributed by atoms with Crippen LogP contribution in [0.3, 0.4) is 0 Å². The summed E-state index contributed by atoms with van der Waals surface area (Å²) in [5.74, 6) is -0.669. The maximum absolute atomic E-state index is 13.2. The highest BCUT2D eigenvalue weighted by atomic mass is 19.1. The van der Waals surface area contributed by atoms with Crippen molar-refractivity contribution in [1.82, 2.24) is 10.3 Å². The van der Waals surface area contributed by atoms with E-state index in [-0.39, 0.29) is 24.9 Å². The van der Waals surface area contributed by atoms with E-state index in [1.54, 1.807) is 19.1 Å². The zero-order chi connectivity index (χ0) is 15.5. The summed E-state index contributed by atoms with van der Waals surface area (Å²) in [6, 6.07) is 5.88. The number of aromatic nitrogens is 1. The van der Waals surface area contributed by atoms with Crippen molar-refractivity contribution < 1.29 is 19.0 Å². The SMILES string of the molecule is COCC(C)(CCO)NC(=O)c1cc2cc(F)ccc2[nH]1. The van der Waals surface area contributed by atoms with Gasteiger partial charge in [0.15, 0.2) is 0 Å². The van der Waals surface area contributed by atoms with Crippen LogP contribution in [-0.2, 0) is 4.74 Å². The van der Waals surface area contributed by atoms with Gasteiger partial charge < -0.3 is 20.1 Å². The first-order chi connectivity index (χ1) is 9.97. The monoisotopic (exact) mass is 294 g/mol. The van der Waals surface area contributed by atoms with Gasteiger partial charge in [-0.3, -0.25) is 4.79 Å². The number of halogens is 1. The number of fused-ring (bicyclic) bond motifs is 1. The molecule has 0 bridgehead atoms. The van der Waals surface area contributed by atoms with E-state index in [1.807, 2.05) is 0 Å². The molecule has 0 saturated carbocycles. The molecule has 1 amide bonds. The second kappa shape index (κ2) is 6.24. The van der Waals surface area contributed by atoms with E-state index in [9.17, 15) is 9.18 Å². The number of hydrogen-bond acceptors (Lipinski definition) is 3. The van der Waals surface area contributed by atoms with Crippen LogP contribution in [0.5, 0.6) is 0 Å². The number of carbonyl (C=O) groups excluding carboxylic acids is 1. The number of aromatic amines is 1. The van der Waals surface area contributed by atoms with Gasteiger partial charge >= 0.3 is 0 Å². The van der Waals surface area contributed by atoms with Crippen molar-refractivity contribution in [3.8, 4) is 0 Å². The molecule has 0 radical (unpaired) electrons. The summed E-state index contributed by atoms with van der Waals surface area (Å²) in [6.07, 6.45) is 0.376. The highest BCUT2D eigenvalue weighted by Gasteiger charge is 2.27. The summed E-state index contributed by atoms with van der Waals surface area (Å²) >= 11 is 0. The van der Waals surface area contributed by atoms with Gasteiger partial charge in [0, 0.05) is 24.6 Å². The van der Waals surface area contributed by atoms with Crippen molar-refractivity contribution in [3.05, 3.63) is 35.8 Å². The summed E-state index contributed by atoms with van der Waals surface area (Å²) < 4.78 is 18.2. The molecule has 1 atom stereocenters. The van der Waals surface area contributed by atoms with Gasteiger partial charge in [0.2, 0.25) is 0 Å². The molecule has 0 spiro atoms. The van der Waals surface area contributed by atoms with Crippen LogP contribution in [0.15, 0.2) is 24.3 Å². The zero-order valence-electron chi connectivity index (χ0n) is 12.1. The van der Waals surface area contributed by atoms with Crippen LogP contribution >= 0.6 is 0 Å². The Hall–Kier alpha value is -1.92. The standard InChI is InChI=1S/C15H19FN2O3/c1-15(5-6-19,9-21-2)18-14(20)13-8-10-7-11(16)3-4-12(10)17-13/h3-4,7-8,17,19H,5-6,9H2,1-2H3,(H,18,20). The molecule has 0 saturated heterocycles. The van der Waals surface area contributed by atoms with Crippen LogP contribution in [0.2, 0.25) is 0 Å². The van der Waals surface area contributed by atoms with E-state index < -0.39 is 5.54 Å². The molecule has 0 aliphatic rings. The molecule has 114 valence electrons. The first-order valence-electron chi connectivity index (χ1n) is 6.68. The van der Waals surface area contributed by atoms with Crippen molar-refractivity contribution in [2.75, 3.05) is 20.3 Å². The number of aliphatic hydroxyl groups excluding tert-OH is 1. The van der Waals surface area contributed by atoms with E-state index in [0.29, 0.717) is 23.0 Å². The molecular weight excluding hydrogens is 275 g/mol. The fourth-order valence-corrected chi connectivity index (χ4v) is 2.30. The van der Waals surface area contributed by atoms with Gasteiger partial charge in [-0.1, -0.05) is 0 Å². The van der Waals surface area contributed by atoms with Gasteiger partial charge in [0.1, 0.15) is 11.5 Å². The Morgan fingerprint density at radius 1 is 1.48 bits per heavy atom. The minimum atomic E-state index is -0.664. The fourth-order valence-electron chi connectivity index (χ4n) is 2.30. The molecule has 21 heavy (non-hydrogen) atoms. The van der Waals surface area contributed by atoms with Gasteiger partial charge in [-0.05, 0) is 37.6 Å². The predicted molar refractivity (Wildman–Crippen MR) is 77.7 cm³/mol. The van der Waals surface area contributed by atoms with Crippen molar-refractivity contribution in [3.63, 3.8) is 0 Å². The van der Waals surface area contributed by atoms with E-state index in [2.05, 4.69) is 10.3 Å². The molecule has 1 aromatic heterocycles. The van der Waals surface area contributed by atoms with Gasteiger partial charge in [0.05, 0.1) is 12.1 Å². The van der Waals surface area contributed by atoms with Gasteiger partial charge in [-0.15, -0.1) is 0 Å². The normalized spacial score (nSPS) is 14.1. The fraction of sp³-hybridized carbons (Fsp3) is 0.400. The van der Waals surface area contributed by atoms with E-state index in [4.69, 9.17) is 9.84 Å². The van der Waals surface area contributed by atoms with Crippen LogP contribution < -0.4 is 5.32 Å². The van der Waals surface area contributed by atoms with Gasteiger partial charge in [-0.2, -0.15) is 0 Å². The second-order valence-corrected chi connectivity index (χ2v) is 5.34. The summed E-state index contributed by atoms with van der Waals surface area (Å²) in [5, 5.41) is 12.6. The number of benzene rings is 1. The maximum atomic E-state index is 13.2. The second-order valence-electron chi connectivity index (χ2n) is 5.34. The van der Waals surface area contributed by atoms with Crippen LogP contribution in [0.25, 0.3) is 10.9 Å². The predicted octanol–water partition coefficient (Wildman–Crippen LogP) is 1.82. The molecule has 2 rings (SSSR count). The summed E-state index contributed by atoms with van der Waals surface area (Å²) in [6.45, 7) is 2.03. The van der Waals surface area contributed by atoms with E-state index in [1.165, 1.54) is 19.2 Å². The van der Waals surface area contributed by atoms with E-state index >= 15 is 0 Å². The Balaban J connectivity index is 2.21. The maximum Gasteiger partial charge on any atom is 0.268 e. The number of ether oxygens (including phenoxy) is 1. The number of carbonyl (C=O) groups is 1. The number of hydrogen-bond donors (Lipinski definition) is 3. The first kappa shape index (κ1) is 15.5. The lowest BCUT2D eigenvalue weighted by Crippen LogP contribution is -2.50. The largest absolute Gasteiger partial charge is 0.396 e. The van der Waals surface area contributed by atoms with Gasteiger partial charge in [0.25, 0.3) is 5.91 Å². The average Bonchev–Trinajstić information content (AvgIpc) is 2.82. The first-order valence-corrected chi connectivity index (χ1v) is 6.68. The Morgan fingerprint density at radius 3 is 2.90 bits per heavy atom. The third-order valence-corrected chi connectivity index (χ3v) is 3.37. The zero-order valence-corrected chi connectivity index (χ0v) is 12.1. The lowest BCUT2D eigenvalue weighted by Gasteiger charge is -2.29. The third-order valence-electron chi connectivity index (χ3n) is 3.37. The number of aliphatic hydroxyl groups is 1. The van der Waals surface area contributed by atoms with Crippen LogP contribution in [0, 0.1) is 5.82 Å². The topological polar surface area (TPSA) is 74.3 Å². The number of H-pyrrole nitrogens is 1. The number of nitrogens with one attached hydrogen (secondary N) is 2. The molecule has 6 heteroatoms. The van der Waals surface area contributed by atoms with Gasteiger partial charge in [-0.25, -0.2) is 4.39 Å². The lowest BCUT2D eigenvalue weighted by atomic mass is 9.99. The Labute approximate surface area is 122 Å². The summed E-state index contributed by atoms with van der Waals surface area (Å²) in [7, 11) is 1.54. The van der Waals surface area contributed by atoms with Crippen LogP contribution in [0.1, 0.15) is 23.8 Å². The third kappa shape index (κ3) is 3.59. The van der Waals surface area contributed by atoms with E-state index in [0.717, 1.165) is 0 Å². The van der Waals surface area contributed by atoms with Crippen molar-refractivity contribution in [2.24, 2.45) is 0 Å². The lowest BCUT2D eigenvalue weighted by molar-refractivity contribution is 0.0722. The quantitative estimate of drug-likeness (QED) is 0.761. The number of amides is 1. The number of rotatable bonds is 6. The van der Waals surface area contributed by atoms with Crippen LogP contribution in [0.4, 0.5) is 4.39 Å². The molecule has 5 nitrogen and oxygen atoms in total. The van der Waals surface area contributed by atoms with Crippen LogP contribution in [-0.4, -0.2) is 41.9 Å². The summed E-state index contributed by atoms with van der Waals surface area (Å²) in [5.41, 5.74) is 0.372. The Morgan fingerprint density at radius 2 is 2.24 bits per heavy atom. The van der Waals surface area contributed by atoms with Crippen molar-refractivity contribution >= 4 is 16.8 Å². The molecular formula is C15H19FN2O3. The number of methoxy groups -OCH3 is 1. The molecule has 0 fully saturated rings. The molecule has 3 N–H and O–H groups in total. The Kier molecular flexibility index (Phi) is 4.59. The average molecular weight is 294 g/mol. The molecule has 1 aromatic carbocycles. The highest BCUT2D eigenvalue weighted by Crippen LogP contribution is 2.18. The summed E-state index contributed by atoms with van der Waals surface area (Å²) in [4.78, 5) is 15.2. The molecule has 1 heterocycles.